The van der Waals surface area contributed by atoms with E-state index in [0.29, 0.717) is 0 Å². The zero-order valence-electron chi connectivity index (χ0n) is 11.1. The normalized spacial score (nSPS) is 11.0. The van der Waals surface area contributed by atoms with Crippen LogP contribution >= 0.6 is 0 Å². The van der Waals surface area contributed by atoms with Crippen molar-refractivity contribution in [3.63, 3.8) is 0 Å². The molecule has 0 amide bonds. The minimum absolute atomic E-state index is 0.864. The van der Waals surface area contributed by atoms with Crippen LogP contribution in [0.1, 0.15) is 16.8 Å². The first kappa shape index (κ1) is 12.0. The molecule has 0 unspecified atom stereocenters. The Hall–Kier alpha value is -2.06. The van der Waals surface area contributed by atoms with Gasteiger partial charge in [-0.05, 0) is 35.6 Å². The van der Waals surface area contributed by atoms with Gasteiger partial charge in [-0.15, -0.1) is 0 Å². The average Bonchev–Trinajstić information content (AvgIpc) is 2.83. The van der Waals surface area contributed by atoms with Gasteiger partial charge in [-0.1, -0.05) is 42.5 Å². The summed E-state index contributed by atoms with van der Waals surface area (Å²) in [6.07, 6.45) is 0. The smallest absolute Gasteiger partial charge is 0.0456 e. The summed E-state index contributed by atoms with van der Waals surface area (Å²) in [4.78, 5) is 3.43. The van der Waals surface area contributed by atoms with Crippen LogP contribution in [0.3, 0.4) is 0 Å². The molecule has 0 radical (unpaired) electrons. The van der Waals surface area contributed by atoms with Gasteiger partial charge in [-0.25, -0.2) is 0 Å². The fraction of sp³-hybridized carbons (Fsp3) is 0.176. The van der Waals surface area contributed by atoms with E-state index in [2.05, 4.69) is 71.8 Å². The number of hydrogen-bond acceptors (Lipinski definition) is 1. The lowest BCUT2D eigenvalue weighted by Crippen LogP contribution is -2.13. The van der Waals surface area contributed by atoms with Crippen molar-refractivity contribution in [2.24, 2.45) is 0 Å². The Balaban J connectivity index is 1.65. The van der Waals surface area contributed by atoms with Gasteiger partial charge in [0.2, 0.25) is 0 Å². The molecule has 3 rings (SSSR count). The van der Waals surface area contributed by atoms with E-state index in [0.717, 1.165) is 13.1 Å². The van der Waals surface area contributed by atoms with Crippen molar-refractivity contribution >= 4 is 10.9 Å². The summed E-state index contributed by atoms with van der Waals surface area (Å²) in [5, 5.41) is 4.76. The van der Waals surface area contributed by atoms with Gasteiger partial charge in [0.15, 0.2) is 0 Å². The number of rotatable bonds is 4. The molecule has 0 atom stereocenters. The molecule has 1 heterocycles. The van der Waals surface area contributed by atoms with Crippen LogP contribution in [0.15, 0.2) is 54.6 Å². The highest BCUT2D eigenvalue weighted by Crippen LogP contribution is 2.14. The zero-order chi connectivity index (χ0) is 13.1. The summed E-state index contributed by atoms with van der Waals surface area (Å²) in [7, 11) is 0. The summed E-state index contributed by atoms with van der Waals surface area (Å²) < 4.78 is 0. The van der Waals surface area contributed by atoms with Gasteiger partial charge in [0.1, 0.15) is 0 Å². The molecule has 2 heteroatoms. The summed E-state index contributed by atoms with van der Waals surface area (Å²) in [5.41, 5.74) is 5.13. The average molecular weight is 250 g/mol. The predicted octanol–water partition coefficient (Wildman–Crippen LogP) is 3.77. The molecule has 0 saturated carbocycles. The van der Waals surface area contributed by atoms with Crippen molar-refractivity contribution in [3.05, 3.63) is 71.4 Å². The topological polar surface area (TPSA) is 27.8 Å². The van der Waals surface area contributed by atoms with Crippen molar-refractivity contribution in [2.45, 2.75) is 20.0 Å². The molecule has 1 aromatic heterocycles. The van der Waals surface area contributed by atoms with E-state index >= 15 is 0 Å². The number of aromatic amines is 1. The van der Waals surface area contributed by atoms with Gasteiger partial charge in [0, 0.05) is 24.3 Å². The first-order valence-corrected chi connectivity index (χ1v) is 6.65. The van der Waals surface area contributed by atoms with E-state index in [1.807, 2.05) is 0 Å². The van der Waals surface area contributed by atoms with Crippen LogP contribution in [0, 0.1) is 6.92 Å². The maximum absolute atomic E-state index is 3.49. The van der Waals surface area contributed by atoms with E-state index < -0.39 is 0 Å². The highest BCUT2D eigenvalue weighted by Gasteiger charge is 2.00. The van der Waals surface area contributed by atoms with E-state index in [-0.39, 0.29) is 0 Å². The molecular weight excluding hydrogens is 232 g/mol. The van der Waals surface area contributed by atoms with E-state index in [1.165, 1.54) is 27.7 Å². The molecule has 0 bridgehead atoms. The van der Waals surface area contributed by atoms with E-state index in [9.17, 15) is 0 Å². The van der Waals surface area contributed by atoms with Crippen LogP contribution in [0.5, 0.6) is 0 Å². The summed E-state index contributed by atoms with van der Waals surface area (Å²) in [6, 6.07) is 19.1. The van der Waals surface area contributed by atoms with Crippen LogP contribution in [0.2, 0.25) is 0 Å². The van der Waals surface area contributed by atoms with Gasteiger partial charge in [-0.3, -0.25) is 0 Å². The first-order chi connectivity index (χ1) is 9.33. The monoisotopic (exact) mass is 250 g/mol. The second-order valence-corrected chi connectivity index (χ2v) is 4.91. The maximum Gasteiger partial charge on any atom is 0.0456 e. The fourth-order valence-corrected chi connectivity index (χ4v) is 2.37. The van der Waals surface area contributed by atoms with Crippen molar-refractivity contribution < 1.29 is 0 Å². The first-order valence-electron chi connectivity index (χ1n) is 6.65. The van der Waals surface area contributed by atoms with Crippen molar-refractivity contribution in [1.29, 1.82) is 0 Å². The second kappa shape index (κ2) is 5.29. The number of benzene rings is 2. The highest BCUT2D eigenvalue weighted by molar-refractivity contribution is 5.80. The van der Waals surface area contributed by atoms with Crippen LogP contribution < -0.4 is 5.32 Å². The molecule has 0 fully saturated rings. The Morgan fingerprint density at radius 2 is 1.74 bits per heavy atom. The third-order valence-electron chi connectivity index (χ3n) is 3.48. The molecule has 2 nitrogen and oxygen atoms in total. The minimum Gasteiger partial charge on any atom is -0.357 e. The number of para-hydroxylation sites is 1. The van der Waals surface area contributed by atoms with Crippen LogP contribution in [-0.4, -0.2) is 4.98 Å². The van der Waals surface area contributed by atoms with Crippen molar-refractivity contribution in [1.82, 2.24) is 10.3 Å². The van der Waals surface area contributed by atoms with Gasteiger partial charge in [-0.2, -0.15) is 0 Å². The maximum atomic E-state index is 3.49. The predicted molar refractivity (Wildman–Crippen MR) is 80.0 cm³/mol. The van der Waals surface area contributed by atoms with Gasteiger partial charge in [0.25, 0.3) is 0 Å². The number of fused-ring (bicyclic) bond motifs is 1. The molecule has 2 aromatic carbocycles. The van der Waals surface area contributed by atoms with Crippen LogP contribution in [0.4, 0.5) is 0 Å². The van der Waals surface area contributed by atoms with Crippen molar-refractivity contribution in [2.75, 3.05) is 0 Å². The standard InChI is InChI=1S/C17H18N2/c1-13-6-2-3-8-15(13)11-18-12-16-10-14-7-4-5-9-17(14)19-16/h2-10,18-19H,11-12H2,1H3. The second-order valence-electron chi connectivity index (χ2n) is 4.91. The van der Waals surface area contributed by atoms with E-state index in [1.54, 1.807) is 0 Å². The Kier molecular flexibility index (Phi) is 3.34. The number of nitrogens with one attached hydrogen (secondary N) is 2. The summed E-state index contributed by atoms with van der Waals surface area (Å²) in [6.45, 7) is 3.92. The highest BCUT2D eigenvalue weighted by atomic mass is 14.9. The summed E-state index contributed by atoms with van der Waals surface area (Å²) >= 11 is 0. The quantitative estimate of drug-likeness (QED) is 0.725. The largest absolute Gasteiger partial charge is 0.357 e. The number of hydrogen-bond donors (Lipinski definition) is 2. The third kappa shape index (κ3) is 2.69. The molecule has 2 N–H and O–H groups in total. The Morgan fingerprint density at radius 1 is 0.947 bits per heavy atom. The fourth-order valence-electron chi connectivity index (χ4n) is 2.37. The molecule has 0 aliphatic rings. The molecule has 0 saturated heterocycles. The van der Waals surface area contributed by atoms with E-state index in [4.69, 9.17) is 0 Å². The molecule has 0 aliphatic carbocycles. The molecular formula is C17H18N2. The van der Waals surface area contributed by atoms with Gasteiger partial charge in [0.05, 0.1) is 0 Å². The third-order valence-corrected chi connectivity index (χ3v) is 3.48. The SMILES string of the molecule is Cc1ccccc1CNCc1cc2ccccc2[nH]1. The lowest BCUT2D eigenvalue weighted by molar-refractivity contribution is 0.681. The minimum atomic E-state index is 0.864. The lowest BCUT2D eigenvalue weighted by atomic mass is 10.1. The molecule has 19 heavy (non-hydrogen) atoms. The van der Waals surface area contributed by atoms with Crippen LogP contribution in [0.25, 0.3) is 10.9 Å². The van der Waals surface area contributed by atoms with Crippen LogP contribution in [-0.2, 0) is 13.1 Å². The molecule has 3 aromatic rings. The van der Waals surface area contributed by atoms with Crippen molar-refractivity contribution in [3.8, 4) is 0 Å². The Labute approximate surface area is 113 Å². The molecule has 0 spiro atoms. The Morgan fingerprint density at radius 3 is 2.58 bits per heavy atom. The number of aromatic nitrogens is 1. The number of H-pyrrole nitrogens is 1. The van der Waals surface area contributed by atoms with Gasteiger partial charge >= 0.3 is 0 Å². The molecule has 0 aliphatic heterocycles. The van der Waals surface area contributed by atoms with Gasteiger partial charge < -0.3 is 10.3 Å². The zero-order valence-corrected chi connectivity index (χ0v) is 11.1. The number of aryl methyl sites for hydroxylation is 1. The lowest BCUT2D eigenvalue weighted by Gasteiger charge is -2.06. The molecule has 96 valence electrons. The summed E-state index contributed by atoms with van der Waals surface area (Å²) in [5.74, 6) is 0. The Bertz CT molecular complexity index is 649.